The van der Waals surface area contributed by atoms with Crippen LogP contribution in [-0.4, -0.2) is 19.1 Å². The molecule has 0 aliphatic rings. The summed E-state index contributed by atoms with van der Waals surface area (Å²) in [6, 6.07) is 72.4. The van der Waals surface area contributed by atoms with Gasteiger partial charge in [-0.2, -0.15) is 26.3 Å². The molecule has 4 nitrogen and oxygen atoms in total. The molecule has 10 aromatic carbocycles. The van der Waals surface area contributed by atoms with Gasteiger partial charge in [-0.1, -0.05) is 163 Å². The van der Waals surface area contributed by atoms with E-state index in [4.69, 9.17) is 9.97 Å². The van der Waals surface area contributed by atoms with Gasteiger partial charge in [0, 0.05) is 49.4 Å². The molecule has 13 rings (SSSR count). The molecule has 0 N–H and O–H groups in total. The fourth-order valence-corrected chi connectivity index (χ4v) is 11.2. The average molecular weight is 1030 g/mol. The smallest absolute Gasteiger partial charge is 0.309 e. The number of hydrogen-bond acceptors (Lipinski definition) is 2. The number of hydrogen-bond donors (Lipinski definition) is 0. The van der Waals surface area contributed by atoms with Gasteiger partial charge in [0.15, 0.2) is 5.82 Å². The molecule has 3 aromatic heterocycles. The molecule has 0 radical (unpaired) electrons. The van der Waals surface area contributed by atoms with Gasteiger partial charge in [-0.15, -0.1) is 0 Å². The molecule has 0 bridgehead atoms. The summed E-state index contributed by atoms with van der Waals surface area (Å²) in [4.78, 5) is 10.5. The van der Waals surface area contributed by atoms with E-state index < -0.39 is 23.5 Å². The third-order valence-corrected chi connectivity index (χ3v) is 14.8. The van der Waals surface area contributed by atoms with Gasteiger partial charge in [-0.25, -0.2) is 9.97 Å². The largest absolute Gasteiger partial charge is 0.417 e. The van der Waals surface area contributed by atoms with E-state index >= 15 is 0 Å². The Kier molecular flexibility index (Phi) is 11.5. The predicted molar refractivity (Wildman–Crippen MR) is 303 cm³/mol. The second-order valence-electron chi connectivity index (χ2n) is 19.7. The zero-order valence-corrected chi connectivity index (χ0v) is 42.0. The van der Waals surface area contributed by atoms with Crippen molar-refractivity contribution >= 4 is 43.6 Å². The van der Waals surface area contributed by atoms with Crippen molar-refractivity contribution in [3.05, 3.63) is 253 Å². The Morgan fingerprint density at radius 1 is 0.333 bits per heavy atom. The lowest BCUT2D eigenvalue weighted by atomic mass is 9.96. The molecule has 0 spiro atoms. The Labute approximate surface area is 444 Å². The molecule has 78 heavy (non-hydrogen) atoms. The van der Waals surface area contributed by atoms with Crippen LogP contribution >= 0.6 is 0 Å². The molecule has 378 valence electrons. The summed E-state index contributed by atoms with van der Waals surface area (Å²) in [6.07, 6.45) is -9.03. The first-order valence-corrected chi connectivity index (χ1v) is 25.4. The van der Waals surface area contributed by atoms with Crippen molar-refractivity contribution in [2.45, 2.75) is 26.2 Å². The lowest BCUT2D eigenvalue weighted by Crippen LogP contribution is -2.07. The van der Waals surface area contributed by atoms with E-state index in [9.17, 15) is 26.3 Å². The van der Waals surface area contributed by atoms with E-state index in [2.05, 4.69) is 51.6 Å². The van der Waals surface area contributed by atoms with Gasteiger partial charge in [0.2, 0.25) is 0 Å². The van der Waals surface area contributed by atoms with Gasteiger partial charge in [0.1, 0.15) is 0 Å². The summed E-state index contributed by atoms with van der Waals surface area (Å²) in [7, 11) is 0. The zero-order chi connectivity index (χ0) is 53.5. The van der Waals surface area contributed by atoms with E-state index in [-0.39, 0.29) is 5.56 Å². The van der Waals surface area contributed by atoms with Gasteiger partial charge < -0.3 is 9.13 Å². The normalized spacial score (nSPS) is 12.1. The van der Waals surface area contributed by atoms with Gasteiger partial charge in [-0.05, 0) is 114 Å². The molecule has 0 aliphatic carbocycles. The highest BCUT2D eigenvalue weighted by molar-refractivity contribution is 6.13. The monoisotopic (exact) mass is 1030 g/mol. The number of aromatic nitrogens is 4. The van der Waals surface area contributed by atoms with Gasteiger partial charge in [0.05, 0.1) is 56.0 Å². The summed E-state index contributed by atoms with van der Waals surface area (Å²) in [5.41, 5.74) is 12.6. The molecule has 13 aromatic rings. The van der Waals surface area contributed by atoms with Crippen molar-refractivity contribution in [2.75, 3.05) is 0 Å². The summed E-state index contributed by atoms with van der Waals surface area (Å²) < 4.78 is 90.0. The maximum absolute atomic E-state index is 14.7. The van der Waals surface area contributed by atoms with Gasteiger partial charge in [0.25, 0.3) is 0 Å². The molecule has 0 aliphatic heterocycles. The lowest BCUT2D eigenvalue weighted by Gasteiger charge is -2.20. The SMILES string of the molecule is Cc1ccc(-c2ccc3c(c2)c2ccccc2n3-c2cc(-c3nc(-c4ccccc4)cc(-c4ccccc4)n3)ccc2-c2ccccc2-n2c3ccccc3c3cc(-c4ccc(C(F)(F)F)cc4C)ccc32)c(C(F)(F)F)c1. The summed E-state index contributed by atoms with van der Waals surface area (Å²) in [5, 5.41) is 3.53. The molecule has 0 saturated carbocycles. The van der Waals surface area contributed by atoms with Crippen molar-refractivity contribution in [3.63, 3.8) is 0 Å². The van der Waals surface area contributed by atoms with Crippen LogP contribution in [0.25, 0.3) is 122 Å². The number of benzene rings is 10. The molecule has 10 heteroatoms. The maximum atomic E-state index is 14.7. The second-order valence-corrected chi connectivity index (χ2v) is 19.7. The minimum atomic E-state index is -4.57. The number of aryl methyl sites for hydroxylation is 2. The van der Waals surface area contributed by atoms with E-state index in [0.717, 1.165) is 106 Å². The quantitative estimate of drug-likeness (QED) is 0.142. The third kappa shape index (κ3) is 8.37. The van der Waals surface area contributed by atoms with Crippen molar-refractivity contribution in [1.29, 1.82) is 0 Å². The highest BCUT2D eigenvalue weighted by Gasteiger charge is 2.34. The standard InChI is InChI=1S/C68H44F6N4/c1-41-25-30-50(57(35-41)68(72,73)74)46-28-34-64-56(38-46)53-21-11-14-24-62(53)78(64)65-39-47(66-75-58(43-15-5-3-6-16-43)40-59(76-66)44-17-7-4-8-18-44)26-31-54(65)51-19-9-12-22-60(51)77-61-23-13-10-20-52(61)55-37-45(27-33-63(55)77)49-32-29-48(36-42(49)2)67(69,70)71/h3-40H,1-2H3. The van der Waals surface area contributed by atoms with Crippen molar-refractivity contribution < 1.29 is 26.3 Å². The Balaban J connectivity index is 1.06. The molecule has 0 atom stereocenters. The number of rotatable bonds is 8. The van der Waals surface area contributed by atoms with Crippen LogP contribution in [0, 0.1) is 13.8 Å². The Morgan fingerprint density at radius 3 is 1.41 bits per heavy atom. The minimum absolute atomic E-state index is 0.0981. The van der Waals surface area contributed by atoms with Gasteiger partial charge >= 0.3 is 12.4 Å². The minimum Gasteiger partial charge on any atom is -0.309 e. The van der Waals surface area contributed by atoms with Crippen LogP contribution in [0.4, 0.5) is 26.3 Å². The zero-order valence-electron chi connectivity index (χ0n) is 42.0. The molecular formula is C68H44F6N4. The van der Waals surface area contributed by atoms with Crippen molar-refractivity contribution in [1.82, 2.24) is 19.1 Å². The number of halogens is 6. The molecule has 0 unspecified atom stereocenters. The lowest BCUT2D eigenvalue weighted by molar-refractivity contribution is -0.138. The number of fused-ring (bicyclic) bond motifs is 6. The second kappa shape index (κ2) is 18.6. The molecule has 0 saturated heterocycles. The van der Waals surface area contributed by atoms with Crippen LogP contribution in [0.15, 0.2) is 231 Å². The number of nitrogens with zero attached hydrogens (tertiary/aromatic N) is 4. The maximum Gasteiger partial charge on any atom is 0.417 e. The van der Waals surface area contributed by atoms with E-state index in [1.165, 1.54) is 12.1 Å². The van der Waals surface area contributed by atoms with Crippen LogP contribution in [-0.2, 0) is 12.4 Å². The first kappa shape index (κ1) is 48.1. The van der Waals surface area contributed by atoms with Crippen LogP contribution in [0.5, 0.6) is 0 Å². The number of para-hydroxylation sites is 3. The van der Waals surface area contributed by atoms with Crippen LogP contribution in [0.1, 0.15) is 22.3 Å². The summed E-state index contributed by atoms with van der Waals surface area (Å²) in [5.74, 6) is 0.500. The topological polar surface area (TPSA) is 35.6 Å². The Bertz CT molecular complexity index is 4440. The van der Waals surface area contributed by atoms with E-state index in [0.29, 0.717) is 28.1 Å². The van der Waals surface area contributed by atoms with E-state index in [1.807, 2.05) is 146 Å². The summed E-state index contributed by atoms with van der Waals surface area (Å²) in [6.45, 7) is 3.37. The molecule has 0 fully saturated rings. The fraction of sp³-hybridized carbons (Fsp3) is 0.0588. The van der Waals surface area contributed by atoms with Crippen LogP contribution < -0.4 is 0 Å². The third-order valence-electron chi connectivity index (χ3n) is 14.8. The first-order valence-electron chi connectivity index (χ1n) is 25.4. The van der Waals surface area contributed by atoms with E-state index in [1.54, 1.807) is 38.1 Å². The van der Waals surface area contributed by atoms with Crippen molar-refractivity contribution in [2.24, 2.45) is 0 Å². The summed E-state index contributed by atoms with van der Waals surface area (Å²) >= 11 is 0. The average Bonchev–Trinajstić information content (AvgIpc) is 4.07. The fourth-order valence-electron chi connectivity index (χ4n) is 11.2. The highest BCUT2D eigenvalue weighted by atomic mass is 19.4. The Hall–Kier alpha value is -9.54. The molecule has 0 amide bonds. The molecule has 3 heterocycles. The Morgan fingerprint density at radius 2 is 0.821 bits per heavy atom. The van der Waals surface area contributed by atoms with Crippen LogP contribution in [0.2, 0.25) is 0 Å². The highest BCUT2D eigenvalue weighted by Crippen LogP contribution is 2.45. The van der Waals surface area contributed by atoms with Crippen molar-refractivity contribution in [3.8, 4) is 78.7 Å². The van der Waals surface area contributed by atoms with Gasteiger partial charge in [-0.3, -0.25) is 0 Å². The molecular weight excluding hydrogens is 987 g/mol. The van der Waals surface area contributed by atoms with Crippen LogP contribution in [0.3, 0.4) is 0 Å². The predicted octanol–water partition coefficient (Wildman–Crippen LogP) is 19.3. The number of alkyl halides is 6. The first-order chi connectivity index (χ1) is 37.8.